The maximum absolute atomic E-state index is 12.5. The number of rotatable bonds is 7. The van der Waals surface area contributed by atoms with Crippen molar-refractivity contribution in [3.63, 3.8) is 0 Å². The van der Waals surface area contributed by atoms with Crippen LogP contribution in [0.3, 0.4) is 0 Å². The summed E-state index contributed by atoms with van der Waals surface area (Å²) in [6.07, 6.45) is 4.25. The van der Waals surface area contributed by atoms with Gasteiger partial charge >= 0.3 is 0 Å². The molecule has 126 valence electrons. The SMILES string of the molecule is CCCCCCOc1c(O)c2ccc(N(C)C)cc2n(C)c1=O. The third kappa shape index (κ3) is 3.60. The smallest absolute Gasteiger partial charge is 0.297 e. The number of pyridine rings is 1. The standard InChI is InChI=1S/C18H26N2O3/c1-5-6-7-8-11-23-17-16(21)14-10-9-13(19(2)3)12-15(14)20(4)18(17)22/h9-10,12,21H,5-8,11H2,1-4H3. The Labute approximate surface area is 137 Å². The van der Waals surface area contributed by atoms with Gasteiger partial charge in [-0.1, -0.05) is 26.2 Å². The monoisotopic (exact) mass is 318 g/mol. The van der Waals surface area contributed by atoms with E-state index in [2.05, 4.69) is 6.92 Å². The molecular formula is C18H26N2O3. The van der Waals surface area contributed by atoms with E-state index in [9.17, 15) is 9.90 Å². The van der Waals surface area contributed by atoms with Gasteiger partial charge < -0.3 is 19.3 Å². The van der Waals surface area contributed by atoms with E-state index in [1.807, 2.05) is 37.2 Å². The summed E-state index contributed by atoms with van der Waals surface area (Å²) < 4.78 is 7.12. The zero-order valence-electron chi connectivity index (χ0n) is 14.4. The second kappa shape index (κ2) is 7.40. The molecular weight excluding hydrogens is 292 g/mol. The largest absolute Gasteiger partial charge is 0.504 e. The molecule has 5 nitrogen and oxygen atoms in total. The molecule has 0 radical (unpaired) electrons. The van der Waals surface area contributed by atoms with Crippen LogP contribution in [0.1, 0.15) is 32.6 Å². The predicted octanol–water partition coefficient (Wildman–Crippen LogP) is 3.27. The molecule has 0 saturated heterocycles. The summed E-state index contributed by atoms with van der Waals surface area (Å²) in [6, 6.07) is 5.63. The van der Waals surface area contributed by atoms with E-state index >= 15 is 0 Å². The van der Waals surface area contributed by atoms with Crippen LogP contribution in [0.5, 0.6) is 11.5 Å². The molecule has 0 spiro atoms. The second-order valence-electron chi connectivity index (χ2n) is 6.05. The molecule has 0 aliphatic heterocycles. The Bertz CT molecular complexity index is 735. The van der Waals surface area contributed by atoms with Gasteiger partial charge in [-0.2, -0.15) is 0 Å². The predicted molar refractivity (Wildman–Crippen MR) is 94.8 cm³/mol. The zero-order chi connectivity index (χ0) is 17.0. The number of hydrogen-bond acceptors (Lipinski definition) is 4. The highest BCUT2D eigenvalue weighted by atomic mass is 16.5. The van der Waals surface area contributed by atoms with Crippen LogP contribution in [0.2, 0.25) is 0 Å². The third-order valence-electron chi connectivity index (χ3n) is 4.07. The average molecular weight is 318 g/mol. The Morgan fingerprint density at radius 2 is 1.96 bits per heavy atom. The zero-order valence-corrected chi connectivity index (χ0v) is 14.4. The van der Waals surface area contributed by atoms with Crippen molar-refractivity contribution in [1.29, 1.82) is 0 Å². The number of aromatic nitrogens is 1. The molecule has 2 aromatic rings. The van der Waals surface area contributed by atoms with Crippen molar-refractivity contribution in [1.82, 2.24) is 4.57 Å². The summed E-state index contributed by atoms with van der Waals surface area (Å²) in [5, 5.41) is 11.1. The van der Waals surface area contributed by atoms with Crippen LogP contribution in [0.4, 0.5) is 5.69 Å². The molecule has 1 N–H and O–H groups in total. The molecule has 0 aliphatic carbocycles. The molecule has 0 bridgehead atoms. The van der Waals surface area contributed by atoms with E-state index < -0.39 is 0 Å². The van der Waals surface area contributed by atoms with Crippen LogP contribution in [0.25, 0.3) is 10.9 Å². The molecule has 2 rings (SSSR count). The topological polar surface area (TPSA) is 54.7 Å². The van der Waals surface area contributed by atoms with Gasteiger partial charge in [0.1, 0.15) is 0 Å². The molecule has 1 aromatic heterocycles. The molecule has 0 aliphatic rings. The summed E-state index contributed by atoms with van der Waals surface area (Å²) in [5.41, 5.74) is 1.36. The molecule has 0 unspecified atom stereocenters. The lowest BCUT2D eigenvalue weighted by atomic mass is 10.1. The van der Waals surface area contributed by atoms with Crippen LogP contribution < -0.4 is 15.2 Å². The minimum absolute atomic E-state index is 0.0501. The lowest BCUT2D eigenvalue weighted by Crippen LogP contribution is -2.20. The highest BCUT2D eigenvalue weighted by Crippen LogP contribution is 2.33. The fourth-order valence-corrected chi connectivity index (χ4v) is 2.59. The van der Waals surface area contributed by atoms with Crippen molar-refractivity contribution in [3.8, 4) is 11.5 Å². The van der Waals surface area contributed by atoms with Gasteiger partial charge in [-0.3, -0.25) is 4.79 Å². The van der Waals surface area contributed by atoms with Gasteiger partial charge in [0.2, 0.25) is 5.75 Å². The van der Waals surface area contributed by atoms with Crippen molar-refractivity contribution in [2.75, 3.05) is 25.6 Å². The highest BCUT2D eigenvalue weighted by molar-refractivity contribution is 5.90. The number of nitrogens with zero attached hydrogens (tertiary/aromatic N) is 2. The van der Waals surface area contributed by atoms with Crippen molar-refractivity contribution in [2.24, 2.45) is 7.05 Å². The number of hydrogen-bond donors (Lipinski definition) is 1. The molecule has 0 fully saturated rings. The normalized spacial score (nSPS) is 11.0. The number of aromatic hydroxyl groups is 1. The van der Waals surface area contributed by atoms with Crippen LogP contribution in [-0.2, 0) is 7.05 Å². The van der Waals surface area contributed by atoms with Gasteiger partial charge in [0, 0.05) is 32.2 Å². The molecule has 0 atom stereocenters. The molecule has 0 amide bonds. The van der Waals surface area contributed by atoms with Crippen molar-refractivity contribution in [3.05, 3.63) is 28.6 Å². The summed E-state index contributed by atoms with van der Waals surface area (Å²) in [5.74, 6) is -0.0157. The van der Waals surface area contributed by atoms with Gasteiger partial charge in [0.25, 0.3) is 5.56 Å². The number of benzene rings is 1. The Balaban J connectivity index is 2.36. The maximum atomic E-state index is 12.5. The first-order valence-corrected chi connectivity index (χ1v) is 8.13. The summed E-state index contributed by atoms with van der Waals surface area (Å²) in [7, 11) is 5.58. The lowest BCUT2D eigenvalue weighted by Gasteiger charge is -2.16. The van der Waals surface area contributed by atoms with Gasteiger partial charge in [0.05, 0.1) is 12.1 Å². The fourth-order valence-electron chi connectivity index (χ4n) is 2.59. The second-order valence-corrected chi connectivity index (χ2v) is 6.05. The minimum Gasteiger partial charge on any atom is -0.504 e. The van der Waals surface area contributed by atoms with Crippen LogP contribution in [-0.4, -0.2) is 30.4 Å². The molecule has 1 aromatic carbocycles. The minimum atomic E-state index is -0.304. The maximum Gasteiger partial charge on any atom is 0.297 e. The Morgan fingerprint density at radius 1 is 1.22 bits per heavy atom. The first-order chi connectivity index (χ1) is 11.0. The molecule has 0 saturated carbocycles. The van der Waals surface area contributed by atoms with E-state index in [4.69, 9.17) is 4.74 Å². The third-order valence-corrected chi connectivity index (χ3v) is 4.07. The molecule has 1 heterocycles. The van der Waals surface area contributed by atoms with E-state index in [1.54, 1.807) is 7.05 Å². The van der Waals surface area contributed by atoms with Gasteiger partial charge in [-0.05, 0) is 24.6 Å². The van der Waals surface area contributed by atoms with Crippen molar-refractivity contribution in [2.45, 2.75) is 32.6 Å². The van der Waals surface area contributed by atoms with Gasteiger partial charge in [-0.25, -0.2) is 0 Å². The Hall–Kier alpha value is -2.17. The lowest BCUT2D eigenvalue weighted by molar-refractivity contribution is 0.285. The quantitative estimate of drug-likeness (QED) is 0.796. The van der Waals surface area contributed by atoms with Gasteiger partial charge in [0.15, 0.2) is 5.75 Å². The first kappa shape index (κ1) is 17.2. The van der Waals surface area contributed by atoms with Crippen molar-refractivity contribution < 1.29 is 9.84 Å². The number of ether oxygens (including phenoxy) is 1. The van der Waals surface area contributed by atoms with E-state index in [-0.39, 0.29) is 17.1 Å². The van der Waals surface area contributed by atoms with Crippen molar-refractivity contribution >= 4 is 16.6 Å². The number of aryl methyl sites for hydroxylation is 1. The number of fused-ring (bicyclic) bond motifs is 1. The van der Waals surface area contributed by atoms with Crippen LogP contribution in [0, 0.1) is 0 Å². The van der Waals surface area contributed by atoms with E-state index in [1.165, 1.54) is 4.57 Å². The van der Waals surface area contributed by atoms with Crippen LogP contribution >= 0.6 is 0 Å². The number of unbranched alkanes of at least 4 members (excludes halogenated alkanes) is 3. The summed E-state index contributed by atoms with van der Waals surface area (Å²) >= 11 is 0. The van der Waals surface area contributed by atoms with Gasteiger partial charge in [-0.15, -0.1) is 0 Å². The van der Waals surface area contributed by atoms with Crippen LogP contribution in [0.15, 0.2) is 23.0 Å². The average Bonchev–Trinajstić information content (AvgIpc) is 2.54. The summed E-state index contributed by atoms with van der Waals surface area (Å²) in [6.45, 7) is 2.60. The number of anilines is 1. The molecule has 5 heteroatoms. The Morgan fingerprint density at radius 3 is 2.61 bits per heavy atom. The van der Waals surface area contributed by atoms with E-state index in [0.717, 1.165) is 31.4 Å². The molecule has 23 heavy (non-hydrogen) atoms. The van der Waals surface area contributed by atoms with E-state index in [0.29, 0.717) is 17.5 Å². The summed E-state index contributed by atoms with van der Waals surface area (Å²) in [4.78, 5) is 14.4. The fraction of sp³-hybridized carbons (Fsp3) is 0.500. The Kier molecular flexibility index (Phi) is 5.53. The highest BCUT2D eigenvalue weighted by Gasteiger charge is 2.16. The first-order valence-electron chi connectivity index (χ1n) is 8.13.